The van der Waals surface area contributed by atoms with E-state index in [4.69, 9.17) is 18.8 Å². The van der Waals surface area contributed by atoms with Crippen LogP contribution in [-0.2, 0) is 20.2 Å². The van der Waals surface area contributed by atoms with Crippen molar-refractivity contribution in [1.29, 1.82) is 0 Å². The van der Waals surface area contributed by atoms with Gasteiger partial charge in [0.1, 0.15) is 31.6 Å². The molecule has 12 nitrogen and oxygen atoms in total. The van der Waals surface area contributed by atoms with Crippen molar-refractivity contribution < 1.29 is 93.9 Å². The Balaban J connectivity index is 0.000000182. The fourth-order valence-electron chi connectivity index (χ4n) is 6.82. The Labute approximate surface area is 415 Å². The molecule has 0 saturated heterocycles. The van der Waals surface area contributed by atoms with Gasteiger partial charge in [-0.25, -0.2) is 36.8 Å². The molecule has 62 heavy (non-hydrogen) atoms. The maximum Gasteiger partial charge on any atom is 1.00 e. The van der Waals surface area contributed by atoms with Crippen LogP contribution in [0.1, 0.15) is 0 Å². The fourth-order valence-corrected chi connectivity index (χ4v) is 8.73. The van der Waals surface area contributed by atoms with E-state index in [-0.39, 0.29) is 68.9 Å². The molecule has 296 valence electrons. The number of nitrogens with zero attached hydrogens (tertiary/aromatic N) is 4. The zero-order chi connectivity index (χ0) is 41.8. The van der Waals surface area contributed by atoms with E-state index >= 15 is 0 Å². The van der Waals surface area contributed by atoms with Gasteiger partial charge in [0.05, 0.1) is 55.8 Å². The van der Waals surface area contributed by atoms with Crippen LogP contribution in [0.5, 0.6) is 0 Å². The Hall–Kier alpha value is -4.14. The van der Waals surface area contributed by atoms with Crippen molar-refractivity contribution in [3.8, 4) is 45.4 Å². The molecule has 0 aliphatic carbocycles. The summed E-state index contributed by atoms with van der Waals surface area (Å²) in [6.45, 7) is 0. The van der Waals surface area contributed by atoms with Crippen LogP contribution in [0.15, 0.2) is 174 Å². The average molecular weight is 1010 g/mol. The first kappa shape index (κ1) is 45.9. The molecule has 6 aromatic carbocycles. The number of aromatic nitrogens is 4. The van der Waals surface area contributed by atoms with Crippen LogP contribution in [0.4, 0.5) is 0 Å². The van der Waals surface area contributed by atoms with Gasteiger partial charge in [-0.15, -0.1) is 0 Å². The van der Waals surface area contributed by atoms with Gasteiger partial charge >= 0.3 is 59.1 Å². The van der Waals surface area contributed by atoms with E-state index in [1.165, 1.54) is 24.5 Å². The molecule has 0 radical (unpaired) electrons. The molecule has 0 spiro atoms. The molecule has 10 rings (SSSR count). The van der Waals surface area contributed by atoms with Crippen LogP contribution in [0.25, 0.3) is 89.0 Å². The van der Waals surface area contributed by atoms with E-state index in [2.05, 4.69) is 41.8 Å². The SMILES string of the molecule is O=S(=O)([O-])c1cccc2cc3nc(-c4ccc(Br)cc4)c(-c4ccc(Br)cc4)nc3cc12.O=S(=O)([O-])c1cccc2cc3nc(-c4ccco4)c(-c4ccco4)nc3cc12.[Na+].[Na+]. The van der Waals surface area contributed by atoms with Gasteiger partial charge in [0.2, 0.25) is 0 Å². The van der Waals surface area contributed by atoms with E-state index in [0.717, 1.165) is 20.1 Å². The third-order valence-electron chi connectivity index (χ3n) is 9.53. The summed E-state index contributed by atoms with van der Waals surface area (Å²) in [4.78, 5) is 18.5. The van der Waals surface area contributed by atoms with Gasteiger partial charge in [0, 0.05) is 30.8 Å². The topological polar surface area (TPSA) is 192 Å². The molecule has 0 atom stereocenters. The molecule has 0 saturated carbocycles. The van der Waals surface area contributed by atoms with Gasteiger partial charge in [0.15, 0.2) is 11.5 Å². The summed E-state index contributed by atoms with van der Waals surface area (Å²) in [5.74, 6) is 1.02. The summed E-state index contributed by atoms with van der Waals surface area (Å²) >= 11 is 6.92. The van der Waals surface area contributed by atoms with Crippen LogP contribution >= 0.6 is 31.9 Å². The van der Waals surface area contributed by atoms with Gasteiger partial charge in [-0.3, -0.25) is 0 Å². The van der Waals surface area contributed by atoms with Gasteiger partial charge in [0.25, 0.3) is 0 Å². The van der Waals surface area contributed by atoms with Gasteiger partial charge < -0.3 is 17.9 Å². The number of hydrogen-bond donors (Lipinski definition) is 0. The predicted molar refractivity (Wildman–Crippen MR) is 232 cm³/mol. The average Bonchev–Trinajstić information content (AvgIpc) is 3.97. The quantitative estimate of drug-likeness (QED) is 0.126. The molecule has 0 aliphatic rings. The minimum Gasteiger partial charge on any atom is -0.744 e. The van der Waals surface area contributed by atoms with Crippen molar-refractivity contribution in [2.75, 3.05) is 0 Å². The van der Waals surface area contributed by atoms with Crippen molar-refractivity contribution >= 4 is 95.7 Å². The number of fused-ring (bicyclic) bond motifs is 4. The summed E-state index contributed by atoms with van der Waals surface area (Å²) in [5, 5.41) is 1.83. The maximum atomic E-state index is 11.8. The zero-order valence-corrected chi connectivity index (χ0v) is 41.3. The Bertz CT molecular complexity index is 3510. The van der Waals surface area contributed by atoms with Crippen LogP contribution in [-0.4, -0.2) is 45.9 Å². The van der Waals surface area contributed by atoms with E-state index in [1.807, 2.05) is 48.5 Å². The van der Waals surface area contributed by atoms with Crippen molar-refractivity contribution in [1.82, 2.24) is 19.9 Å². The molecule has 18 heteroatoms. The first-order valence-corrected chi connectivity index (χ1v) is 22.2. The molecule has 0 N–H and O–H groups in total. The maximum absolute atomic E-state index is 11.8. The second-order valence-corrected chi connectivity index (χ2v) is 17.9. The van der Waals surface area contributed by atoms with E-state index < -0.39 is 20.2 Å². The summed E-state index contributed by atoms with van der Waals surface area (Å²) in [6, 6.07) is 38.3. The Morgan fingerprint density at radius 2 is 0.790 bits per heavy atom. The molecular formula is C44H24Br2N4Na2O8S2. The molecule has 4 aromatic heterocycles. The Kier molecular flexibility index (Phi) is 13.7. The first-order valence-electron chi connectivity index (χ1n) is 17.8. The molecule has 0 fully saturated rings. The molecule has 0 bridgehead atoms. The smallest absolute Gasteiger partial charge is 0.744 e. The van der Waals surface area contributed by atoms with Gasteiger partial charge in [-0.05, 0) is 95.7 Å². The van der Waals surface area contributed by atoms with Crippen molar-refractivity contribution in [3.05, 3.63) is 155 Å². The molecule has 10 aromatic rings. The molecular weight excluding hydrogens is 982 g/mol. The number of benzene rings is 6. The van der Waals surface area contributed by atoms with Gasteiger partial charge in [-0.2, -0.15) is 0 Å². The molecule has 4 heterocycles. The van der Waals surface area contributed by atoms with Gasteiger partial charge in [-0.1, -0.05) is 80.4 Å². The first-order chi connectivity index (χ1) is 28.8. The van der Waals surface area contributed by atoms with E-state index in [1.54, 1.807) is 73.0 Å². The Morgan fingerprint density at radius 3 is 1.13 bits per heavy atom. The number of rotatable bonds is 6. The second kappa shape index (κ2) is 18.5. The minimum absolute atomic E-state index is 0. The van der Waals surface area contributed by atoms with Crippen molar-refractivity contribution in [3.63, 3.8) is 0 Å². The van der Waals surface area contributed by atoms with E-state index in [0.29, 0.717) is 77.9 Å². The third kappa shape index (κ3) is 9.38. The van der Waals surface area contributed by atoms with Crippen molar-refractivity contribution in [2.45, 2.75) is 9.79 Å². The summed E-state index contributed by atoms with van der Waals surface area (Å²) < 4.78 is 83.1. The number of furan rings is 2. The predicted octanol–water partition coefficient (Wildman–Crippen LogP) is 4.76. The fraction of sp³-hybridized carbons (Fsp3) is 0. The number of hydrogen-bond acceptors (Lipinski definition) is 12. The Morgan fingerprint density at radius 1 is 0.435 bits per heavy atom. The standard InChI is InChI=1S/C24H14Br2N2O3S.C20H12N2O5S.2Na/c25-17-8-4-14(5-9-17)23-24(15-6-10-18(26)11-7-15)28-21-13-19-16(12-20(21)27-23)2-1-3-22(19)32(29,30)31;23-28(24,25)18-7-1-4-12-10-14-15(11-13(12)18)22-20(17-6-3-9-27-17)19(21-14)16-5-2-8-26-16;;/h1-13H,(H,29,30,31);1-11H,(H,23,24,25);;/q;;2*+1/p-2. The van der Waals surface area contributed by atoms with Crippen LogP contribution in [0.2, 0.25) is 0 Å². The normalized spacial score (nSPS) is 11.5. The summed E-state index contributed by atoms with van der Waals surface area (Å²) in [5.41, 5.74) is 6.17. The zero-order valence-electron chi connectivity index (χ0n) is 32.5. The second-order valence-electron chi connectivity index (χ2n) is 13.4. The monoisotopic (exact) mass is 1000 g/mol. The molecule has 0 amide bonds. The van der Waals surface area contributed by atoms with E-state index in [9.17, 15) is 25.9 Å². The van der Waals surface area contributed by atoms with Crippen LogP contribution in [0.3, 0.4) is 0 Å². The minimum atomic E-state index is -4.63. The van der Waals surface area contributed by atoms with Crippen LogP contribution < -0.4 is 59.1 Å². The molecule has 0 unspecified atom stereocenters. The summed E-state index contributed by atoms with van der Waals surface area (Å²) in [7, 11) is -9.25. The molecule has 0 aliphatic heterocycles. The largest absolute Gasteiger partial charge is 1.00 e. The van der Waals surface area contributed by atoms with Crippen molar-refractivity contribution in [2.24, 2.45) is 0 Å². The summed E-state index contributed by atoms with van der Waals surface area (Å²) in [6.07, 6.45) is 3.06. The third-order valence-corrected chi connectivity index (χ3v) is 12.4. The van der Waals surface area contributed by atoms with Crippen LogP contribution in [0, 0.1) is 0 Å². The number of halogens is 2.